The van der Waals surface area contributed by atoms with E-state index >= 15 is 0 Å². The summed E-state index contributed by atoms with van der Waals surface area (Å²) in [4.78, 5) is 11.8. The summed E-state index contributed by atoms with van der Waals surface area (Å²) in [6.45, 7) is 1.82. The standard InChI is InChI=1S/C12H16N2O2/c15-11-6-2-1-5-10(11)12(16)14-9-4-3-7-13-8-9/h1-2,5-6,9,13,15H,3-4,7-8H2,(H,14,16)/t9-/m0/s1. The van der Waals surface area contributed by atoms with Crippen LogP contribution < -0.4 is 10.6 Å². The highest BCUT2D eigenvalue weighted by Crippen LogP contribution is 2.15. The third-order valence-electron chi connectivity index (χ3n) is 2.78. The number of phenols is 1. The molecule has 1 amide bonds. The van der Waals surface area contributed by atoms with Crippen LogP contribution in [0.25, 0.3) is 0 Å². The smallest absolute Gasteiger partial charge is 0.255 e. The zero-order chi connectivity index (χ0) is 11.4. The lowest BCUT2D eigenvalue weighted by Gasteiger charge is -2.23. The third-order valence-corrected chi connectivity index (χ3v) is 2.78. The first-order valence-electron chi connectivity index (χ1n) is 5.57. The van der Waals surface area contributed by atoms with Gasteiger partial charge in [0.15, 0.2) is 0 Å². The van der Waals surface area contributed by atoms with Gasteiger partial charge < -0.3 is 15.7 Å². The van der Waals surface area contributed by atoms with Crippen molar-refractivity contribution in [2.24, 2.45) is 0 Å². The van der Waals surface area contributed by atoms with Crippen molar-refractivity contribution >= 4 is 5.91 Å². The molecule has 1 atom stereocenters. The molecule has 0 bridgehead atoms. The molecule has 1 aliphatic rings. The van der Waals surface area contributed by atoms with Crippen LogP contribution in [0, 0.1) is 0 Å². The molecule has 1 fully saturated rings. The molecule has 0 saturated carbocycles. The van der Waals surface area contributed by atoms with Crippen molar-refractivity contribution in [3.8, 4) is 5.75 Å². The highest BCUT2D eigenvalue weighted by molar-refractivity contribution is 5.96. The maximum absolute atomic E-state index is 11.8. The molecule has 2 rings (SSSR count). The molecule has 86 valence electrons. The van der Waals surface area contributed by atoms with E-state index in [1.165, 1.54) is 6.07 Å². The Labute approximate surface area is 94.7 Å². The van der Waals surface area contributed by atoms with Gasteiger partial charge in [0.2, 0.25) is 0 Å². The van der Waals surface area contributed by atoms with Crippen molar-refractivity contribution in [2.75, 3.05) is 13.1 Å². The molecule has 4 heteroatoms. The molecule has 1 aromatic carbocycles. The number of nitrogens with one attached hydrogen (secondary N) is 2. The second-order valence-electron chi connectivity index (χ2n) is 4.03. The summed E-state index contributed by atoms with van der Waals surface area (Å²) in [5.74, 6) is -0.171. The Bertz CT molecular complexity index is 373. The quantitative estimate of drug-likeness (QED) is 0.693. The largest absolute Gasteiger partial charge is 0.507 e. The second kappa shape index (κ2) is 4.99. The van der Waals surface area contributed by atoms with Crippen LogP contribution in [0.1, 0.15) is 23.2 Å². The van der Waals surface area contributed by atoms with E-state index in [1.807, 2.05) is 0 Å². The summed E-state index contributed by atoms with van der Waals surface area (Å²) < 4.78 is 0. The molecule has 3 N–H and O–H groups in total. The Morgan fingerprint density at radius 2 is 2.25 bits per heavy atom. The number of phenolic OH excluding ortho intramolecular Hbond substituents is 1. The monoisotopic (exact) mass is 220 g/mol. The Hall–Kier alpha value is -1.55. The molecule has 4 nitrogen and oxygen atoms in total. The minimum atomic E-state index is -0.202. The predicted molar refractivity (Wildman–Crippen MR) is 61.5 cm³/mol. The Kier molecular flexibility index (Phi) is 3.41. The van der Waals surface area contributed by atoms with Crippen LogP contribution in [0.15, 0.2) is 24.3 Å². The molecular weight excluding hydrogens is 204 g/mol. The van der Waals surface area contributed by atoms with E-state index in [9.17, 15) is 9.90 Å². The maximum Gasteiger partial charge on any atom is 0.255 e. The van der Waals surface area contributed by atoms with Crippen molar-refractivity contribution in [2.45, 2.75) is 18.9 Å². The van der Waals surface area contributed by atoms with Crippen LogP contribution in [0.4, 0.5) is 0 Å². The highest BCUT2D eigenvalue weighted by Gasteiger charge is 2.17. The van der Waals surface area contributed by atoms with Crippen LogP contribution in [-0.2, 0) is 0 Å². The fraction of sp³-hybridized carbons (Fsp3) is 0.417. The van der Waals surface area contributed by atoms with E-state index in [0.29, 0.717) is 5.56 Å². The van der Waals surface area contributed by atoms with Gasteiger partial charge in [-0.3, -0.25) is 4.79 Å². The van der Waals surface area contributed by atoms with E-state index < -0.39 is 0 Å². The van der Waals surface area contributed by atoms with Gasteiger partial charge in [0.25, 0.3) is 5.91 Å². The summed E-state index contributed by atoms with van der Waals surface area (Å²) in [6, 6.07) is 6.76. The minimum absolute atomic E-state index is 0.0313. The van der Waals surface area contributed by atoms with E-state index in [2.05, 4.69) is 10.6 Å². The number of hydrogen-bond donors (Lipinski definition) is 3. The van der Waals surface area contributed by atoms with E-state index in [-0.39, 0.29) is 17.7 Å². The SMILES string of the molecule is O=C(N[C@H]1CCCNC1)c1ccccc1O. The number of aromatic hydroxyl groups is 1. The third kappa shape index (κ3) is 2.52. The average Bonchev–Trinajstić information content (AvgIpc) is 2.31. The van der Waals surface area contributed by atoms with Crippen LogP contribution in [0.2, 0.25) is 0 Å². The Morgan fingerprint density at radius 1 is 1.44 bits per heavy atom. The summed E-state index contributed by atoms with van der Waals surface area (Å²) >= 11 is 0. The van der Waals surface area contributed by atoms with Crippen LogP contribution >= 0.6 is 0 Å². The van der Waals surface area contributed by atoms with Crippen LogP contribution in [0.3, 0.4) is 0 Å². The maximum atomic E-state index is 11.8. The van der Waals surface area contributed by atoms with Gasteiger partial charge >= 0.3 is 0 Å². The highest BCUT2D eigenvalue weighted by atomic mass is 16.3. The lowest BCUT2D eigenvalue weighted by atomic mass is 10.1. The van der Waals surface area contributed by atoms with Gasteiger partial charge in [0.05, 0.1) is 5.56 Å². The summed E-state index contributed by atoms with van der Waals surface area (Å²) in [5.41, 5.74) is 0.341. The van der Waals surface area contributed by atoms with Gasteiger partial charge in [-0.2, -0.15) is 0 Å². The normalized spacial score (nSPS) is 20.4. The molecule has 1 saturated heterocycles. The van der Waals surface area contributed by atoms with Crippen LogP contribution in [-0.4, -0.2) is 30.1 Å². The van der Waals surface area contributed by atoms with Gasteiger partial charge in [-0.25, -0.2) is 0 Å². The van der Waals surface area contributed by atoms with Crippen LogP contribution in [0.5, 0.6) is 5.75 Å². The fourth-order valence-corrected chi connectivity index (χ4v) is 1.90. The first-order chi connectivity index (χ1) is 7.77. The zero-order valence-electron chi connectivity index (χ0n) is 9.07. The summed E-state index contributed by atoms with van der Waals surface area (Å²) in [6.07, 6.45) is 2.07. The first-order valence-corrected chi connectivity index (χ1v) is 5.57. The fourth-order valence-electron chi connectivity index (χ4n) is 1.90. The lowest BCUT2D eigenvalue weighted by Crippen LogP contribution is -2.45. The minimum Gasteiger partial charge on any atom is -0.507 e. The lowest BCUT2D eigenvalue weighted by molar-refractivity contribution is 0.0928. The molecule has 1 heterocycles. The predicted octanol–water partition coefficient (Wildman–Crippen LogP) is 0.874. The number of para-hydroxylation sites is 1. The van der Waals surface area contributed by atoms with Crippen molar-refractivity contribution in [3.05, 3.63) is 29.8 Å². The number of benzene rings is 1. The zero-order valence-corrected chi connectivity index (χ0v) is 9.07. The van der Waals surface area contributed by atoms with Crippen molar-refractivity contribution in [1.82, 2.24) is 10.6 Å². The molecule has 1 aliphatic heterocycles. The summed E-state index contributed by atoms with van der Waals surface area (Å²) in [7, 11) is 0. The molecule has 0 unspecified atom stereocenters. The number of carbonyl (C=O) groups excluding carboxylic acids is 1. The number of rotatable bonds is 2. The Morgan fingerprint density at radius 3 is 2.94 bits per heavy atom. The van der Waals surface area contributed by atoms with Crippen molar-refractivity contribution < 1.29 is 9.90 Å². The van der Waals surface area contributed by atoms with Crippen molar-refractivity contribution in [3.63, 3.8) is 0 Å². The molecule has 16 heavy (non-hydrogen) atoms. The molecule has 0 spiro atoms. The summed E-state index contributed by atoms with van der Waals surface area (Å²) in [5, 5.41) is 15.7. The molecule has 0 aliphatic carbocycles. The number of carbonyl (C=O) groups is 1. The van der Waals surface area contributed by atoms with Gasteiger partial charge in [0, 0.05) is 12.6 Å². The number of hydrogen-bond acceptors (Lipinski definition) is 3. The second-order valence-corrected chi connectivity index (χ2v) is 4.03. The topological polar surface area (TPSA) is 61.4 Å². The van der Waals surface area contributed by atoms with Gasteiger partial charge in [0.1, 0.15) is 5.75 Å². The number of amides is 1. The molecular formula is C12H16N2O2. The number of piperidine rings is 1. The van der Waals surface area contributed by atoms with Gasteiger partial charge in [-0.1, -0.05) is 12.1 Å². The molecule has 1 aromatic rings. The van der Waals surface area contributed by atoms with Gasteiger partial charge in [-0.05, 0) is 31.5 Å². The van der Waals surface area contributed by atoms with E-state index in [4.69, 9.17) is 0 Å². The Balaban J connectivity index is 2.00. The molecule has 0 aromatic heterocycles. The average molecular weight is 220 g/mol. The molecule has 0 radical (unpaired) electrons. The first kappa shape index (κ1) is 11.0. The van der Waals surface area contributed by atoms with E-state index in [1.54, 1.807) is 18.2 Å². The van der Waals surface area contributed by atoms with Gasteiger partial charge in [-0.15, -0.1) is 0 Å². The van der Waals surface area contributed by atoms with E-state index in [0.717, 1.165) is 25.9 Å². The van der Waals surface area contributed by atoms with Crippen molar-refractivity contribution in [1.29, 1.82) is 0 Å².